The summed E-state index contributed by atoms with van der Waals surface area (Å²) in [6, 6.07) is 18.4. The predicted molar refractivity (Wildman–Crippen MR) is 70.2 cm³/mol. The van der Waals surface area contributed by atoms with Crippen molar-refractivity contribution in [1.29, 1.82) is 5.26 Å². The molecular weight excluding hydrogens is 224 g/mol. The van der Waals surface area contributed by atoms with Gasteiger partial charge in [0.15, 0.2) is 0 Å². The zero-order chi connectivity index (χ0) is 12.8. The maximum Gasteiger partial charge on any atom is 0.255 e. The van der Waals surface area contributed by atoms with Gasteiger partial charge in [0.1, 0.15) is 0 Å². The molecule has 0 aliphatic rings. The fourth-order valence-corrected chi connectivity index (χ4v) is 1.67. The van der Waals surface area contributed by atoms with Gasteiger partial charge < -0.3 is 5.32 Å². The molecule has 0 radical (unpaired) electrons. The number of nitriles is 1. The second-order valence-corrected chi connectivity index (χ2v) is 3.81. The number of hydrogen-bond donors (Lipinski definition) is 1. The number of nitrogens with zero attached hydrogens (tertiary/aromatic N) is 1. The SMILES string of the molecule is N#CCc1ccccc1NC(=O)c1ccccc1. The Morgan fingerprint density at radius 2 is 1.72 bits per heavy atom. The topological polar surface area (TPSA) is 52.9 Å². The molecule has 0 spiro atoms. The summed E-state index contributed by atoms with van der Waals surface area (Å²) in [6.07, 6.45) is 0.283. The summed E-state index contributed by atoms with van der Waals surface area (Å²) in [7, 11) is 0. The molecule has 0 aliphatic heterocycles. The van der Waals surface area contributed by atoms with Gasteiger partial charge in [-0.3, -0.25) is 4.79 Å². The van der Waals surface area contributed by atoms with E-state index in [1.54, 1.807) is 18.2 Å². The smallest absolute Gasteiger partial charge is 0.255 e. The predicted octanol–water partition coefficient (Wildman–Crippen LogP) is 3.00. The maximum atomic E-state index is 12.0. The number of hydrogen-bond acceptors (Lipinski definition) is 2. The molecule has 1 N–H and O–H groups in total. The Balaban J connectivity index is 2.20. The lowest BCUT2D eigenvalue weighted by molar-refractivity contribution is 0.102. The molecule has 0 atom stereocenters. The van der Waals surface area contributed by atoms with Crippen LogP contribution in [0.1, 0.15) is 15.9 Å². The third-order valence-electron chi connectivity index (χ3n) is 2.57. The molecule has 3 heteroatoms. The first-order valence-corrected chi connectivity index (χ1v) is 5.62. The summed E-state index contributed by atoms with van der Waals surface area (Å²) in [6.45, 7) is 0. The summed E-state index contributed by atoms with van der Waals surface area (Å²) in [5.41, 5.74) is 2.11. The van der Waals surface area contributed by atoms with Crippen LogP contribution in [0.5, 0.6) is 0 Å². The largest absolute Gasteiger partial charge is 0.322 e. The first-order valence-electron chi connectivity index (χ1n) is 5.62. The lowest BCUT2D eigenvalue weighted by atomic mass is 10.1. The van der Waals surface area contributed by atoms with Gasteiger partial charge in [0, 0.05) is 11.3 Å². The molecule has 0 bridgehead atoms. The Bertz CT molecular complexity index is 585. The van der Waals surface area contributed by atoms with Gasteiger partial charge in [0.2, 0.25) is 0 Å². The van der Waals surface area contributed by atoms with E-state index in [0.29, 0.717) is 11.3 Å². The van der Waals surface area contributed by atoms with Crippen LogP contribution in [0, 0.1) is 11.3 Å². The lowest BCUT2D eigenvalue weighted by Crippen LogP contribution is -2.12. The van der Waals surface area contributed by atoms with Crippen LogP contribution in [0.15, 0.2) is 54.6 Å². The van der Waals surface area contributed by atoms with Gasteiger partial charge in [-0.15, -0.1) is 0 Å². The van der Waals surface area contributed by atoms with E-state index in [4.69, 9.17) is 5.26 Å². The molecule has 2 rings (SSSR count). The van der Waals surface area contributed by atoms with E-state index >= 15 is 0 Å². The molecule has 0 saturated carbocycles. The zero-order valence-corrected chi connectivity index (χ0v) is 9.76. The van der Waals surface area contributed by atoms with Crippen molar-refractivity contribution in [3.63, 3.8) is 0 Å². The second-order valence-electron chi connectivity index (χ2n) is 3.81. The molecule has 0 heterocycles. The van der Waals surface area contributed by atoms with Crippen LogP contribution in [0.25, 0.3) is 0 Å². The number of anilines is 1. The summed E-state index contributed by atoms with van der Waals surface area (Å²) >= 11 is 0. The first-order chi connectivity index (χ1) is 8.81. The van der Waals surface area contributed by atoms with E-state index in [1.807, 2.05) is 36.4 Å². The van der Waals surface area contributed by atoms with Crippen LogP contribution in [0.2, 0.25) is 0 Å². The minimum absolute atomic E-state index is 0.166. The van der Waals surface area contributed by atoms with E-state index in [2.05, 4.69) is 11.4 Å². The molecule has 0 saturated heterocycles. The maximum absolute atomic E-state index is 12.0. The highest BCUT2D eigenvalue weighted by molar-refractivity contribution is 6.04. The summed E-state index contributed by atoms with van der Waals surface area (Å²) in [5, 5.41) is 11.6. The van der Waals surface area contributed by atoms with Gasteiger partial charge in [-0.2, -0.15) is 5.26 Å². The van der Waals surface area contributed by atoms with E-state index in [-0.39, 0.29) is 12.3 Å². The van der Waals surface area contributed by atoms with Crippen molar-refractivity contribution in [2.24, 2.45) is 0 Å². The van der Waals surface area contributed by atoms with Gasteiger partial charge in [0.05, 0.1) is 12.5 Å². The molecule has 2 aromatic carbocycles. The highest BCUT2D eigenvalue weighted by Gasteiger charge is 2.07. The normalized spacial score (nSPS) is 9.50. The standard InChI is InChI=1S/C15H12N2O/c16-11-10-12-6-4-5-9-14(12)17-15(18)13-7-2-1-3-8-13/h1-9H,10H2,(H,17,18). The van der Waals surface area contributed by atoms with Gasteiger partial charge in [-0.05, 0) is 23.8 Å². The molecule has 0 unspecified atom stereocenters. The van der Waals surface area contributed by atoms with Crippen LogP contribution in [-0.2, 0) is 6.42 Å². The quantitative estimate of drug-likeness (QED) is 0.890. The Morgan fingerprint density at radius 1 is 1.06 bits per heavy atom. The molecule has 0 fully saturated rings. The van der Waals surface area contributed by atoms with E-state index in [0.717, 1.165) is 5.56 Å². The number of nitrogens with one attached hydrogen (secondary N) is 1. The highest BCUT2D eigenvalue weighted by atomic mass is 16.1. The average Bonchev–Trinajstić information content (AvgIpc) is 2.42. The molecular formula is C15H12N2O. The Hall–Kier alpha value is -2.60. The Kier molecular flexibility index (Phi) is 3.72. The third kappa shape index (κ3) is 2.74. The molecule has 0 aromatic heterocycles. The monoisotopic (exact) mass is 236 g/mol. The lowest BCUT2D eigenvalue weighted by Gasteiger charge is -2.08. The van der Waals surface area contributed by atoms with Crippen LogP contribution in [0.3, 0.4) is 0 Å². The fourth-order valence-electron chi connectivity index (χ4n) is 1.67. The van der Waals surface area contributed by atoms with Crippen LogP contribution in [-0.4, -0.2) is 5.91 Å². The number of para-hydroxylation sites is 1. The third-order valence-corrected chi connectivity index (χ3v) is 2.57. The van der Waals surface area contributed by atoms with Crippen molar-refractivity contribution in [2.45, 2.75) is 6.42 Å². The second kappa shape index (κ2) is 5.65. The van der Waals surface area contributed by atoms with Crippen molar-refractivity contribution in [1.82, 2.24) is 0 Å². The van der Waals surface area contributed by atoms with Gasteiger partial charge >= 0.3 is 0 Å². The van der Waals surface area contributed by atoms with Gasteiger partial charge in [0.25, 0.3) is 5.91 Å². The highest BCUT2D eigenvalue weighted by Crippen LogP contribution is 2.16. The molecule has 0 aliphatic carbocycles. The minimum atomic E-state index is -0.166. The van der Waals surface area contributed by atoms with E-state index in [9.17, 15) is 4.79 Å². The van der Waals surface area contributed by atoms with E-state index in [1.165, 1.54) is 0 Å². The Labute approximate surface area is 106 Å². The average molecular weight is 236 g/mol. The number of carbonyl (C=O) groups excluding carboxylic acids is 1. The van der Waals surface area contributed by atoms with Crippen LogP contribution < -0.4 is 5.32 Å². The summed E-state index contributed by atoms with van der Waals surface area (Å²) in [5.74, 6) is -0.166. The summed E-state index contributed by atoms with van der Waals surface area (Å²) < 4.78 is 0. The van der Waals surface area contributed by atoms with Crippen molar-refractivity contribution in [3.05, 3.63) is 65.7 Å². The van der Waals surface area contributed by atoms with Crippen molar-refractivity contribution < 1.29 is 4.79 Å². The number of amides is 1. The number of rotatable bonds is 3. The number of carbonyl (C=O) groups is 1. The van der Waals surface area contributed by atoms with Crippen molar-refractivity contribution in [2.75, 3.05) is 5.32 Å². The molecule has 2 aromatic rings. The molecule has 88 valence electrons. The van der Waals surface area contributed by atoms with Crippen LogP contribution in [0.4, 0.5) is 5.69 Å². The minimum Gasteiger partial charge on any atom is -0.322 e. The van der Waals surface area contributed by atoms with Gasteiger partial charge in [-0.25, -0.2) is 0 Å². The molecule has 3 nitrogen and oxygen atoms in total. The zero-order valence-electron chi connectivity index (χ0n) is 9.76. The fraction of sp³-hybridized carbons (Fsp3) is 0.0667. The van der Waals surface area contributed by atoms with Crippen molar-refractivity contribution >= 4 is 11.6 Å². The molecule has 18 heavy (non-hydrogen) atoms. The van der Waals surface area contributed by atoms with Gasteiger partial charge in [-0.1, -0.05) is 36.4 Å². The van der Waals surface area contributed by atoms with Crippen LogP contribution >= 0.6 is 0 Å². The Morgan fingerprint density at radius 3 is 2.44 bits per heavy atom. The van der Waals surface area contributed by atoms with E-state index < -0.39 is 0 Å². The molecule has 1 amide bonds. The number of benzene rings is 2. The first kappa shape index (κ1) is 11.9. The van der Waals surface area contributed by atoms with Crippen molar-refractivity contribution in [3.8, 4) is 6.07 Å². The summed E-state index contributed by atoms with van der Waals surface area (Å²) in [4.78, 5) is 12.0.